The number of β-lactam (4-membered cyclic amide) rings is 1. The molecule has 0 radical (unpaired) electrons. The third-order valence-corrected chi connectivity index (χ3v) is 6.90. The molecule has 3 atom stereocenters. The van der Waals surface area contributed by atoms with Crippen molar-refractivity contribution in [2.75, 3.05) is 32.6 Å². The summed E-state index contributed by atoms with van der Waals surface area (Å²) in [6, 6.07) is -0.853. The van der Waals surface area contributed by atoms with Crippen molar-refractivity contribution in [1.29, 1.82) is 0 Å². The molecule has 0 saturated carbocycles. The van der Waals surface area contributed by atoms with Crippen LogP contribution >= 0.6 is 0 Å². The molecule has 2 aliphatic heterocycles. The average molecular weight is 419 g/mol. The largest absolute Gasteiger partial charge is 0.464 e. The maximum Gasteiger partial charge on any atom is 0.331 e. The van der Waals surface area contributed by atoms with Crippen molar-refractivity contribution < 1.29 is 27.5 Å². The number of carbonyl (C=O) groups excluding carboxylic acids is 2. The fourth-order valence-electron chi connectivity index (χ4n) is 4.01. The number of ether oxygens (including phenoxy) is 2. The van der Waals surface area contributed by atoms with Crippen molar-refractivity contribution >= 4 is 21.9 Å². The topological polar surface area (TPSA) is 93.2 Å². The highest BCUT2D eigenvalue weighted by atomic mass is 32.2. The van der Waals surface area contributed by atoms with Crippen LogP contribution in [0.5, 0.6) is 0 Å². The van der Waals surface area contributed by atoms with Gasteiger partial charge in [0.15, 0.2) is 6.04 Å². The van der Waals surface area contributed by atoms with Crippen LogP contribution in [-0.4, -0.2) is 79.7 Å². The van der Waals surface area contributed by atoms with Crippen LogP contribution in [0.1, 0.15) is 59.3 Å². The Morgan fingerprint density at radius 1 is 1.21 bits per heavy atom. The van der Waals surface area contributed by atoms with E-state index in [1.807, 2.05) is 13.8 Å². The molecule has 2 fully saturated rings. The minimum atomic E-state index is -3.49. The minimum absolute atomic E-state index is 0.202. The lowest BCUT2D eigenvalue weighted by atomic mass is 9.84. The second-order valence-electron chi connectivity index (χ2n) is 7.80. The molecule has 2 saturated heterocycles. The van der Waals surface area contributed by atoms with Crippen molar-refractivity contribution in [3.8, 4) is 0 Å². The summed E-state index contributed by atoms with van der Waals surface area (Å²) in [7, 11) is -3.49. The Labute approximate surface area is 168 Å². The summed E-state index contributed by atoms with van der Waals surface area (Å²) in [6.07, 6.45) is 5.21. The first-order valence-electron chi connectivity index (χ1n) is 10.3. The Bertz CT molecular complexity index is 667. The van der Waals surface area contributed by atoms with E-state index in [2.05, 4.69) is 0 Å². The van der Waals surface area contributed by atoms with Crippen LogP contribution in [0.4, 0.5) is 0 Å². The highest BCUT2D eigenvalue weighted by Gasteiger charge is 2.63. The molecular weight excluding hydrogens is 384 g/mol. The lowest BCUT2D eigenvalue weighted by molar-refractivity contribution is -0.178. The summed E-state index contributed by atoms with van der Waals surface area (Å²) in [5.74, 6) is -0.802. The molecule has 0 N–H and O–H groups in total. The molecule has 0 bridgehead atoms. The van der Waals surface area contributed by atoms with Crippen LogP contribution in [0.3, 0.4) is 0 Å². The fraction of sp³-hybridized carbons (Fsp3) is 0.895. The molecule has 1 spiro atoms. The molecule has 2 rings (SSSR count). The first kappa shape index (κ1) is 23.1. The molecular formula is C19H34N2O6S. The average Bonchev–Trinajstić information content (AvgIpc) is 3.09. The highest BCUT2D eigenvalue weighted by molar-refractivity contribution is 7.88. The van der Waals surface area contributed by atoms with Gasteiger partial charge in [-0.3, -0.25) is 4.79 Å². The number of carbonyl (C=O) groups is 2. The first-order chi connectivity index (χ1) is 13.2. The van der Waals surface area contributed by atoms with Gasteiger partial charge < -0.3 is 14.4 Å². The predicted molar refractivity (Wildman–Crippen MR) is 105 cm³/mol. The number of amides is 1. The highest BCUT2D eigenvalue weighted by Crippen LogP contribution is 2.42. The van der Waals surface area contributed by atoms with Crippen molar-refractivity contribution in [3.05, 3.63) is 0 Å². The van der Waals surface area contributed by atoms with Gasteiger partial charge in [0, 0.05) is 13.2 Å². The van der Waals surface area contributed by atoms with E-state index in [1.54, 1.807) is 6.92 Å². The van der Waals surface area contributed by atoms with Crippen molar-refractivity contribution in [3.63, 3.8) is 0 Å². The zero-order valence-corrected chi connectivity index (χ0v) is 18.3. The van der Waals surface area contributed by atoms with Gasteiger partial charge in [0.1, 0.15) is 5.54 Å². The minimum Gasteiger partial charge on any atom is -0.464 e. The van der Waals surface area contributed by atoms with Crippen LogP contribution in [0, 0.1) is 0 Å². The molecule has 8 nitrogen and oxygen atoms in total. The first-order valence-corrected chi connectivity index (χ1v) is 12.1. The van der Waals surface area contributed by atoms with E-state index < -0.39 is 33.7 Å². The van der Waals surface area contributed by atoms with Gasteiger partial charge in [-0.25, -0.2) is 13.2 Å². The molecule has 1 amide bonds. The maximum absolute atomic E-state index is 13.1. The molecule has 0 aromatic carbocycles. The van der Waals surface area contributed by atoms with Crippen LogP contribution in [0.25, 0.3) is 0 Å². The van der Waals surface area contributed by atoms with Crippen LogP contribution < -0.4 is 0 Å². The van der Waals surface area contributed by atoms with Crippen molar-refractivity contribution in [2.45, 2.75) is 77.0 Å². The molecule has 9 heteroatoms. The van der Waals surface area contributed by atoms with Gasteiger partial charge in [0.2, 0.25) is 15.9 Å². The van der Waals surface area contributed by atoms with Gasteiger partial charge in [-0.1, -0.05) is 26.7 Å². The summed E-state index contributed by atoms with van der Waals surface area (Å²) >= 11 is 0. The molecule has 0 aliphatic carbocycles. The van der Waals surface area contributed by atoms with Gasteiger partial charge >= 0.3 is 5.97 Å². The molecule has 0 aromatic heterocycles. The summed E-state index contributed by atoms with van der Waals surface area (Å²) in [5.41, 5.74) is -1.04. The van der Waals surface area contributed by atoms with E-state index in [9.17, 15) is 18.0 Å². The number of esters is 1. The zero-order valence-electron chi connectivity index (χ0n) is 17.5. The number of rotatable bonds is 11. The van der Waals surface area contributed by atoms with E-state index >= 15 is 0 Å². The molecule has 0 unspecified atom stereocenters. The SMILES string of the molecule is CCCCOC(=O)[C@H]([C@@H](C)OCCCC)N1C[C@]2(CCCN2S(C)(=O)=O)C1=O. The van der Waals surface area contributed by atoms with Gasteiger partial charge in [-0.15, -0.1) is 0 Å². The van der Waals surface area contributed by atoms with Gasteiger partial charge in [0.05, 0.1) is 25.5 Å². The lowest BCUT2D eigenvalue weighted by Gasteiger charge is -2.53. The molecule has 2 heterocycles. The number of hydrogen-bond acceptors (Lipinski definition) is 6. The monoisotopic (exact) mass is 418 g/mol. The number of nitrogens with zero attached hydrogens (tertiary/aromatic N) is 2. The van der Waals surface area contributed by atoms with Crippen LogP contribution in [0.2, 0.25) is 0 Å². The Kier molecular flexibility index (Phi) is 7.87. The second-order valence-corrected chi connectivity index (χ2v) is 9.71. The van der Waals surface area contributed by atoms with E-state index in [-0.39, 0.29) is 12.5 Å². The molecule has 28 heavy (non-hydrogen) atoms. The summed E-state index contributed by atoms with van der Waals surface area (Å²) < 4.78 is 36.7. The fourth-order valence-corrected chi connectivity index (χ4v) is 5.33. The molecule has 0 aromatic rings. The lowest BCUT2D eigenvalue weighted by Crippen LogP contribution is -2.76. The summed E-state index contributed by atoms with van der Waals surface area (Å²) in [6.45, 7) is 7.16. The number of unbranched alkanes of at least 4 members (excludes halogenated alkanes) is 2. The smallest absolute Gasteiger partial charge is 0.331 e. The van der Waals surface area contributed by atoms with Crippen molar-refractivity contribution in [1.82, 2.24) is 9.21 Å². The van der Waals surface area contributed by atoms with E-state index in [0.29, 0.717) is 32.6 Å². The summed E-state index contributed by atoms with van der Waals surface area (Å²) in [5, 5.41) is 0. The standard InChI is InChI=1S/C19H34N2O6S/c1-5-7-12-26-15(3)16(17(22)27-13-8-6-2)20-14-19(18(20)23)10-9-11-21(19)28(4,24)25/h15-16H,5-14H2,1-4H3/t15-,16+,19-/m1/s1. The van der Waals surface area contributed by atoms with E-state index in [0.717, 1.165) is 31.9 Å². The Balaban J connectivity index is 2.15. The third-order valence-electron chi connectivity index (χ3n) is 5.56. The van der Waals surface area contributed by atoms with E-state index in [4.69, 9.17) is 9.47 Å². The third kappa shape index (κ3) is 4.68. The van der Waals surface area contributed by atoms with Gasteiger partial charge in [0.25, 0.3) is 0 Å². The quantitative estimate of drug-likeness (QED) is 0.287. The summed E-state index contributed by atoms with van der Waals surface area (Å²) in [4.78, 5) is 27.3. The predicted octanol–water partition coefficient (Wildman–Crippen LogP) is 1.54. The van der Waals surface area contributed by atoms with Gasteiger partial charge in [-0.2, -0.15) is 4.31 Å². The van der Waals surface area contributed by atoms with Crippen molar-refractivity contribution in [2.24, 2.45) is 0 Å². The normalized spacial score (nSPS) is 25.0. The van der Waals surface area contributed by atoms with Crippen LogP contribution in [-0.2, 0) is 29.1 Å². The van der Waals surface area contributed by atoms with Crippen LogP contribution in [0.15, 0.2) is 0 Å². The number of hydrogen-bond donors (Lipinski definition) is 0. The maximum atomic E-state index is 13.1. The Morgan fingerprint density at radius 3 is 2.43 bits per heavy atom. The second kappa shape index (κ2) is 9.54. The zero-order chi connectivity index (χ0) is 20.9. The van der Waals surface area contributed by atoms with Gasteiger partial charge in [-0.05, 0) is 32.6 Å². The van der Waals surface area contributed by atoms with E-state index in [1.165, 1.54) is 9.21 Å². The Morgan fingerprint density at radius 2 is 1.86 bits per heavy atom. The number of sulfonamides is 1. The molecule has 162 valence electrons. The molecule has 2 aliphatic rings. The number of likely N-dealkylation sites (tertiary alicyclic amines) is 1. The Hall–Kier alpha value is -1.19.